The van der Waals surface area contributed by atoms with Crippen molar-refractivity contribution in [2.24, 2.45) is 0 Å². The minimum Gasteiger partial charge on any atom is -0.497 e. The van der Waals surface area contributed by atoms with Crippen LogP contribution in [0, 0.1) is 0 Å². The molecule has 1 atom stereocenters. The zero-order chi connectivity index (χ0) is 24.9. The largest absolute Gasteiger partial charge is 0.497 e. The highest BCUT2D eigenvalue weighted by atomic mass is 35.5. The number of benzene rings is 3. The smallest absolute Gasteiger partial charge is 0.269 e. The Bertz CT molecular complexity index is 1270. The minimum absolute atomic E-state index is 0.0424. The third-order valence-corrected chi connectivity index (χ3v) is 5.92. The van der Waals surface area contributed by atoms with E-state index in [-0.39, 0.29) is 11.5 Å². The number of carbonyl (C=O) groups excluding carboxylic acids is 3. The van der Waals surface area contributed by atoms with E-state index in [1.807, 2.05) is 0 Å². The van der Waals surface area contributed by atoms with Crippen LogP contribution in [0.25, 0.3) is 0 Å². The number of nitrogens with one attached hydrogen (secondary N) is 2. The molecule has 1 saturated heterocycles. The fourth-order valence-corrected chi connectivity index (χ4v) is 4.07. The Labute approximate surface area is 212 Å². The number of rotatable bonds is 7. The summed E-state index contributed by atoms with van der Waals surface area (Å²) >= 11 is 11.5. The molecule has 1 aliphatic heterocycles. The maximum atomic E-state index is 13.4. The highest BCUT2D eigenvalue weighted by Crippen LogP contribution is 2.28. The maximum Gasteiger partial charge on any atom is 0.269 e. The van der Waals surface area contributed by atoms with Gasteiger partial charge in [0.25, 0.3) is 11.8 Å². The molecular weight excluding hydrogens is 488 g/mol. The van der Waals surface area contributed by atoms with Crippen LogP contribution in [-0.2, 0) is 9.59 Å². The lowest BCUT2D eigenvalue weighted by atomic mass is 10.1. The van der Waals surface area contributed by atoms with Crippen molar-refractivity contribution in [3.8, 4) is 5.75 Å². The minimum atomic E-state index is -1.06. The number of anilines is 2. The quantitative estimate of drug-likeness (QED) is 0.468. The van der Waals surface area contributed by atoms with Gasteiger partial charge in [0.2, 0.25) is 11.0 Å². The summed E-state index contributed by atoms with van der Waals surface area (Å²) in [6, 6.07) is 20.8. The van der Waals surface area contributed by atoms with Crippen LogP contribution in [0.1, 0.15) is 16.8 Å². The highest BCUT2D eigenvalue weighted by molar-refractivity contribution is 7.80. The standard InChI is InChI=1S/C25H21ClN4O4S/c1-34-20-9-5-8-18(14-20)27-22(31)15-21-24(33)29(19-12-10-17(26)11-13-19)25(35)30(21)28-23(32)16-6-3-2-4-7-16/h2-14,21H,15H2,1H3,(H,27,31)(H,28,32). The second kappa shape index (κ2) is 10.5. The van der Waals surface area contributed by atoms with Gasteiger partial charge in [-0.1, -0.05) is 35.9 Å². The van der Waals surface area contributed by atoms with E-state index in [9.17, 15) is 14.4 Å². The molecule has 1 aliphatic rings. The second-order valence-electron chi connectivity index (χ2n) is 7.61. The van der Waals surface area contributed by atoms with Crippen molar-refractivity contribution < 1.29 is 19.1 Å². The van der Waals surface area contributed by atoms with Crippen LogP contribution in [0.2, 0.25) is 5.02 Å². The van der Waals surface area contributed by atoms with E-state index in [0.717, 1.165) is 0 Å². The molecule has 4 rings (SSSR count). The van der Waals surface area contributed by atoms with Gasteiger partial charge in [-0.2, -0.15) is 0 Å². The lowest BCUT2D eigenvalue weighted by molar-refractivity contribution is -0.124. The molecule has 3 aromatic rings. The van der Waals surface area contributed by atoms with E-state index in [2.05, 4.69) is 10.7 Å². The Hall–Kier alpha value is -3.95. The van der Waals surface area contributed by atoms with Crippen molar-refractivity contribution in [3.05, 3.63) is 89.4 Å². The molecule has 8 nitrogen and oxygen atoms in total. The summed E-state index contributed by atoms with van der Waals surface area (Å²) in [5, 5.41) is 4.55. The molecule has 1 fully saturated rings. The third-order valence-electron chi connectivity index (χ3n) is 5.29. The van der Waals surface area contributed by atoms with Crippen LogP contribution in [0.15, 0.2) is 78.9 Å². The fraction of sp³-hybridized carbons (Fsp3) is 0.120. The predicted octanol–water partition coefficient (Wildman–Crippen LogP) is 4.02. The molecule has 0 saturated carbocycles. The van der Waals surface area contributed by atoms with E-state index in [0.29, 0.717) is 27.7 Å². The van der Waals surface area contributed by atoms with Gasteiger partial charge < -0.3 is 10.1 Å². The van der Waals surface area contributed by atoms with Crippen molar-refractivity contribution in [3.63, 3.8) is 0 Å². The van der Waals surface area contributed by atoms with E-state index >= 15 is 0 Å². The van der Waals surface area contributed by atoms with Gasteiger partial charge >= 0.3 is 0 Å². The Morgan fingerprint density at radius 1 is 1.03 bits per heavy atom. The molecule has 0 aliphatic carbocycles. The summed E-state index contributed by atoms with van der Waals surface area (Å²) in [6.45, 7) is 0. The van der Waals surface area contributed by atoms with Gasteiger partial charge in [0.05, 0.1) is 19.2 Å². The first-order valence-corrected chi connectivity index (χ1v) is 11.4. The summed E-state index contributed by atoms with van der Waals surface area (Å²) in [5.41, 5.74) is 4.05. The van der Waals surface area contributed by atoms with Crippen LogP contribution >= 0.6 is 23.8 Å². The number of halogens is 1. The molecule has 1 unspecified atom stereocenters. The molecule has 1 heterocycles. The van der Waals surface area contributed by atoms with Crippen LogP contribution in [-0.4, -0.2) is 41.0 Å². The molecule has 3 amide bonds. The van der Waals surface area contributed by atoms with E-state index in [1.165, 1.54) is 17.0 Å². The average Bonchev–Trinajstić information content (AvgIpc) is 3.09. The zero-order valence-corrected chi connectivity index (χ0v) is 20.2. The number of ether oxygens (including phenoxy) is 1. The number of hydrazine groups is 1. The molecule has 0 aromatic heterocycles. The van der Waals surface area contributed by atoms with Crippen LogP contribution < -0.4 is 20.4 Å². The highest BCUT2D eigenvalue weighted by Gasteiger charge is 2.45. The van der Waals surface area contributed by atoms with Crippen LogP contribution in [0.5, 0.6) is 5.75 Å². The summed E-state index contributed by atoms with van der Waals surface area (Å²) in [5.74, 6) is -0.772. The first-order chi connectivity index (χ1) is 16.9. The number of amides is 3. The van der Waals surface area contributed by atoms with E-state index in [1.54, 1.807) is 78.9 Å². The van der Waals surface area contributed by atoms with Gasteiger partial charge in [0.1, 0.15) is 11.8 Å². The molecule has 0 radical (unpaired) electrons. The summed E-state index contributed by atoms with van der Waals surface area (Å²) < 4.78 is 5.18. The second-order valence-corrected chi connectivity index (χ2v) is 8.41. The molecule has 10 heteroatoms. The van der Waals surface area contributed by atoms with Gasteiger partial charge in [-0.25, -0.2) is 5.01 Å². The summed E-state index contributed by atoms with van der Waals surface area (Å²) in [7, 11) is 1.53. The lowest BCUT2D eigenvalue weighted by Gasteiger charge is -2.24. The number of methoxy groups -OCH3 is 1. The number of hydrogen-bond acceptors (Lipinski definition) is 5. The Morgan fingerprint density at radius 2 is 1.74 bits per heavy atom. The third kappa shape index (κ3) is 5.42. The summed E-state index contributed by atoms with van der Waals surface area (Å²) in [6.07, 6.45) is -0.255. The molecular formula is C25H21ClN4O4S. The van der Waals surface area contributed by atoms with Gasteiger partial charge in [0.15, 0.2) is 0 Å². The molecule has 178 valence electrons. The first kappa shape index (κ1) is 24.2. The monoisotopic (exact) mass is 508 g/mol. The van der Waals surface area contributed by atoms with Crippen molar-refractivity contribution in [1.82, 2.24) is 10.4 Å². The SMILES string of the molecule is COc1cccc(NC(=O)CC2C(=O)N(c3ccc(Cl)cc3)C(=S)N2NC(=O)c2ccccc2)c1. The van der Waals surface area contributed by atoms with Crippen molar-refractivity contribution in [1.29, 1.82) is 0 Å². The topological polar surface area (TPSA) is 91.0 Å². The Balaban J connectivity index is 1.59. The van der Waals surface area contributed by atoms with Crippen molar-refractivity contribution >= 4 is 58.0 Å². The molecule has 0 bridgehead atoms. The van der Waals surface area contributed by atoms with Crippen LogP contribution in [0.3, 0.4) is 0 Å². The first-order valence-electron chi connectivity index (χ1n) is 10.6. The molecule has 0 spiro atoms. The number of hydrogen-bond donors (Lipinski definition) is 2. The summed E-state index contributed by atoms with van der Waals surface area (Å²) in [4.78, 5) is 40.5. The zero-order valence-electron chi connectivity index (χ0n) is 18.6. The average molecular weight is 509 g/mol. The Morgan fingerprint density at radius 3 is 2.43 bits per heavy atom. The van der Waals surface area contributed by atoms with Crippen LogP contribution in [0.4, 0.5) is 11.4 Å². The van der Waals surface area contributed by atoms with E-state index < -0.39 is 23.8 Å². The number of thiocarbonyl (C=S) groups is 1. The fourth-order valence-electron chi connectivity index (χ4n) is 3.58. The van der Waals surface area contributed by atoms with Gasteiger partial charge in [-0.15, -0.1) is 0 Å². The lowest BCUT2D eigenvalue weighted by Crippen LogP contribution is -2.49. The Kier molecular flexibility index (Phi) is 7.28. The van der Waals surface area contributed by atoms with E-state index in [4.69, 9.17) is 28.6 Å². The van der Waals surface area contributed by atoms with Gasteiger partial charge in [-0.3, -0.25) is 24.7 Å². The molecule has 3 aromatic carbocycles. The maximum absolute atomic E-state index is 13.4. The molecule has 35 heavy (non-hydrogen) atoms. The van der Waals surface area contributed by atoms with Gasteiger partial charge in [0, 0.05) is 22.3 Å². The van der Waals surface area contributed by atoms with Gasteiger partial charge in [-0.05, 0) is 60.7 Å². The predicted molar refractivity (Wildman–Crippen MR) is 137 cm³/mol. The van der Waals surface area contributed by atoms with Crippen molar-refractivity contribution in [2.45, 2.75) is 12.5 Å². The molecule has 2 N–H and O–H groups in total. The van der Waals surface area contributed by atoms with Crippen molar-refractivity contribution in [2.75, 3.05) is 17.3 Å². The number of nitrogens with zero attached hydrogens (tertiary/aromatic N) is 2. The number of carbonyl (C=O) groups is 3. The normalized spacial score (nSPS) is 15.2.